The summed E-state index contributed by atoms with van der Waals surface area (Å²) in [5.74, 6) is 0.215. The van der Waals surface area contributed by atoms with Crippen LogP contribution in [-0.4, -0.2) is 40.4 Å². The fraction of sp³-hybridized carbons (Fsp3) is 1.00. The van der Waals surface area contributed by atoms with Crippen LogP contribution in [0.25, 0.3) is 0 Å². The second-order valence-corrected chi connectivity index (χ2v) is 5.85. The van der Waals surface area contributed by atoms with Crippen molar-refractivity contribution >= 4 is 0 Å². The van der Waals surface area contributed by atoms with E-state index in [4.69, 9.17) is 0 Å². The van der Waals surface area contributed by atoms with Crippen LogP contribution in [0, 0.1) is 5.92 Å². The minimum atomic E-state index is -0.675. The van der Waals surface area contributed by atoms with Gasteiger partial charge >= 0.3 is 0 Å². The maximum absolute atomic E-state index is 14.0. The Morgan fingerprint density at radius 3 is 2.80 bits per heavy atom. The first-order valence-corrected chi connectivity index (χ1v) is 6.21. The van der Waals surface area contributed by atoms with Crippen molar-refractivity contribution in [3.63, 3.8) is 0 Å². The molecule has 0 amide bonds. The van der Waals surface area contributed by atoms with Crippen molar-refractivity contribution in [1.82, 2.24) is 4.90 Å². The molecule has 2 saturated heterocycles. The van der Waals surface area contributed by atoms with Gasteiger partial charge in [-0.05, 0) is 38.0 Å². The first-order valence-electron chi connectivity index (χ1n) is 6.21. The molecule has 2 aliphatic heterocycles. The Kier molecular flexibility index (Phi) is 2.12. The van der Waals surface area contributed by atoms with E-state index in [1.807, 2.05) is 6.92 Å². The molecular formula is C12H20FNO. The number of hydrogen-bond acceptors (Lipinski definition) is 2. The predicted molar refractivity (Wildman–Crippen MR) is 56.4 cm³/mol. The molecule has 3 heteroatoms. The highest BCUT2D eigenvalue weighted by Gasteiger charge is 2.51. The SMILES string of the molecule is C[C@@H]1C[C@H]2CC[C@@H]([C@@H]1F)N2CC1(O)CC1. The van der Waals surface area contributed by atoms with E-state index in [0.29, 0.717) is 6.04 Å². The molecule has 0 aromatic heterocycles. The lowest BCUT2D eigenvalue weighted by atomic mass is 9.90. The molecule has 3 fully saturated rings. The van der Waals surface area contributed by atoms with E-state index in [1.165, 1.54) is 0 Å². The van der Waals surface area contributed by atoms with Gasteiger partial charge in [-0.2, -0.15) is 0 Å². The summed E-state index contributed by atoms with van der Waals surface area (Å²) in [6, 6.07) is 0.644. The molecule has 0 unspecified atom stereocenters. The number of aliphatic hydroxyl groups is 1. The molecule has 3 rings (SSSR count). The summed E-state index contributed by atoms with van der Waals surface area (Å²) in [7, 11) is 0. The number of rotatable bonds is 2. The highest BCUT2D eigenvalue weighted by atomic mass is 19.1. The highest BCUT2D eigenvalue weighted by molar-refractivity contribution is 5.05. The fourth-order valence-electron chi connectivity index (χ4n) is 3.39. The zero-order chi connectivity index (χ0) is 10.6. The van der Waals surface area contributed by atoms with Crippen LogP contribution in [0.1, 0.15) is 39.0 Å². The molecule has 2 nitrogen and oxygen atoms in total. The van der Waals surface area contributed by atoms with E-state index in [0.717, 1.165) is 38.6 Å². The molecule has 0 radical (unpaired) electrons. The van der Waals surface area contributed by atoms with Gasteiger partial charge < -0.3 is 5.11 Å². The standard InChI is InChI=1S/C12H20FNO/c1-8-6-9-2-3-10(11(8)13)14(9)7-12(15)4-5-12/h8-11,15H,2-7H2,1H3/t8-,9-,10+,11-/m1/s1. The van der Waals surface area contributed by atoms with E-state index in [2.05, 4.69) is 4.90 Å². The summed E-state index contributed by atoms with van der Waals surface area (Å²) in [6.07, 6.45) is 4.25. The Morgan fingerprint density at radius 1 is 1.40 bits per heavy atom. The van der Waals surface area contributed by atoms with Gasteiger partial charge in [-0.1, -0.05) is 6.92 Å². The van der Waals surface area contributed by atoms with Crippen LogP contribution in [0.3, 0.4) is 0 Å². The van der Waals surface area contributed by atoms with Crippen molar-refractivity contribution in [2.45, 2.75) is 62.9 Å². The molecule has 2 bridgehead atoms. The summed E-state index contributed by atoms with van der Waals surface area (Å²) in [5, 5.41) is 9.93. The van der Waals surface area contributed by atoms with Crippen LogP contribution < -0.4 is 0 Å². The summed E-state index contributed by atoms with van der Waals surface area (Å²) in [4.78, 5) is 2.26. The molecule has 2 heterocycles. The molecule has 0 aromatic rings. The van der Waals surface area contributed by atoms with E-state index >= 15 is 0 Å². The number of fused-ring (bicyclic) bond motifs is 2. The van der Waals surface area contributed by atoms with Gasteiger partial charge in [0.25, 0.3) is 0 Å². The topological polar surface area (TPSA) is 23.5 Å². The average Bonchev–Trinajstić information content (AvgIpc) is 2.82. The predicted octanol–water partition coefficient (Wildman–Crippen LogP) is 1.72. The third kappa shape index (κ3) is 1.60. The van der Waals surface area contributed by atoms with Gasteiger partial charge in [0.05, 0.1) is 5.60 Å². The molecule has 1 saturated carbocycles. The quantitative estimate of drug-likeness (QED) is 0.755. The third-order valence-electron chi connectivity index (χ3n) is 4.55. The van der Waals surface area contributed by atoms with Crippen LogP contribution in [0.4, 0.5) is 4.39 Å². The van der Waals surface area contributed by atoms with Crippen molar-refractivity contribution in [1.29, 1.82) is 0 Å². The first kappa shape index (κ1) is 10.0. The molecule has 15 heavy (non-hydrogen) atoms. The minimum absolute atomic E-state index is 0.100. The lowest BCUT2D eigenvalue weighted by Crippen LogP contribution is -2.52. The number of piperidine rings is 1. The van der Waals surface area contributed by atoms with Crippen LogP contribution in [0.15, 0.2) is 0 Å². The largest absolute Gasteiger partial charge is 0.389 e. The Labute approximate surface area is 90.5 Å². The number of nitrogens with zero attached hydrogens (tertiary/aromatic N) is 1. The Morgan fingerprint density at radius 2 is 2.13 bits per heavy atom. The molecule has 86 valence electrons. The molecule has 0 aromatic carbocycles. The average molecular weight is 213 g/mol. The van der Waals surface area contributed by atoms with Crippen molar-refractivity contribution < 1.29 is 9.50 Å². The first-order chi connectivity index (χ1) is 7.09. The van der Waals surface area contributed by atoms with Crippen molar-refractivity contribution in [3.05, 3.63) is 0 Å². The van der Waals surface area contributed by atoms with Gasteiger partial charge in [0.2, 0.25) is 0 Å². The Bertz CT molecular complexity index is 266. The van der Waals surface area contributed by atoms with Crippen molar-refractivity contribution in [2.75, 3.05) is 6.54 Å². The second kappa shape index (κ2) is 3.17. The van der Waals surface area contributed by atoms with Gasteiger partial charge in [-0.25, -0.2) is 4.39 Å². The van der Waals surface area contributed by atoms with Crippen LogP contribution in [0.5, 0.6) is 0 Å². The summed E-state index contributed by atoms with van der Waals surface area (Å²) in [6.45, 7) is 2.74. The lowest BCUT2D eigenvalue weighted by Gasteiger charge is -2.41. The molecule has 1 aliphatic carbocycles. The number of alkyl halides is 1. The van der Waals surface area contributed by atoms with Gasteiger partial charge in [-0.3, -0.25) is 4.90 Å². The summed E-state index contributed by atoms with van der Waals surface area (Å²) < 4.78 is 14.0. The van der Waals surface area contributed by atoms with Crippen molar-refractivity contribution in [2.24, 2.45) is 5.92 Å². The number of hydrogen-bond donors (Lipinski definition) is 1. The monoisotopic (exact) mass is 213 g/mol. The van der Waals surface area contributed by atoms with E-state index in [-0.39, 0.29) is 12.0 Å². The molecule has 1 N–H and O–H groups in total. The lowest BCUT2D eigenvalue weighted by molar-refractivity contribution is -0.00787. The number of halogens is 1. The Hall–Kier alpha value is -0.150. The zero-order valence-corrected chi connectivity index (χ0v) is 9.32. The maximum atomic E-state index is 14.0. The van der Waals surface area contributed by atoms with Crippen LogP contribution in [0.2, 0.25) is 0 Å². The van der Waals surface area contributed by atoms with E-state index in [9.17, 15) is 9.50 Å². The molecule has 4 atom stereocenters. The summed E-state index contributed by atoms with van der Waals surface area (Å²) >= 11 is 0. The zero-order valence-electron chi connectivity index (χ0n) is 9.32. The molecule has 3 aliphatic rings. The van der Waals surface area contributed by atoms with Gasteiger partial charge in [-0.15, -0.1) is 0 Å². The molecule has 0 spiro atoms. The molecular weight excluding hydrogens is 193 g/mol. The van der Waals surface area contributed by atoms with Gasteiger partial charge in [0.15, 0.2) is 0 Å². The third-order valence-corrected chi connectivity index (χ3v) is 4.55. The highest BCUT2D eigenvalue weighted by Crippen LogP contribution is 2.44. The van der Waals surface area contributed by atoms with Crippen molar-refractivity contribution in [3.8, 4) is 0 Å². The van der Waals surface area contributed by atoms with Gasteiger partial charge in [0.1, 0.15) is 6.17 Å². The Balaban J connectivity index is 1.74. The van der Waals surface area contributed by atoms with E-state index in [1.54, 1.807) is 0 Å². The van der Waals surface area contributed by atoms with Crippen LogP contribution in [-0.2, 0) is 0 Å². The minimum Gasteiger partial charge on any atom is -0.389 e. The van der Waals surface area contributed by atoms with E-state index < -0.39 is 11.8 Å². The second-order valence-electron chi connectivity index (χ2n) is 5.85. The van der Waals surface area contributed by atoms with Crippen LogP contribution >= 0.6 is 0 Å². The summed E-state index contributed by atoms with van der Waals surface area (Å²) in [5.41, 5.74) is -0.457. The normalized spacial score (nSPS) is 48.2. The van der Waals surface area contributed by atoms with Gasteiger partial charge in [0, 0.05) is 18.6 Å². The smallest absolute Gasteiger partial charge is 0.118 e. The fourth-order valence-corrected chi connectivity index (χ4v) is 3.39. The maximum Gasteiger partial charge on any atom is 0.118 e.